The van der Waals surface area contributed by atoms with Gasteiger partial charge < -0.3 is 10.1 Å². The van der Waals surface area contributed by atoms with Crippen molar-refractivity contribution >= 4 is 11.4 Å². The Bertz CT molecular complexity index is 612. The molecule has 20 heavy (non-hydrogen) atoms. The highest BCUT2D eigenvalue weighted by molar-refractivity contribution is 5.67. The topological polar surface area (TPSA) is 45.0 Å². The lowest BCUT2D eigenvalue weighted by atomic mass is 10.1. The first kappa shape index (κ1) is 14.0. The van der Waals surface area contributed by atoms with Gasteiger partial charge in [-0.3, -0.25) is 0 Å². The number of nitriles is 1. The fourth-order valence-electron chi connectivity index (χ4n) is 1.87. The molecule has 3 nitrogen and oxygen atoms in total. The number of nitrogens with one attached hydrogen (secondary N) is 1. The Balaban J connectivity index is 2.14. The van der Waals surface area contributed by atoms with E-state index in [0.29, 0.717) is 5.56 Å². The fraction of sp³-hybridized carbons (Fsp3) is 0.235. The zero-order valence-corrected chi connectivity index (χ0v) is 11.8. The Morgan fingerprint density at radius 2 is 1.90 bits per heavy atom. The summed E-state index contributed by atoms with van der Waals surface area (Å²) in [5, 5.41) is 12.4. The maximum Gasteiger partial charge on any atom is 0.119 e. The maximum atomic E-state index is 9.12. The average Bonchev–Trinajstić information content (AvgIpc) is 2.47. The highest BCUT2D eigenvalue weighted by Crippen LogP contribution is 2.23. The molecule has 0 atom stereocenters. The number of hydrogen-bond acceptors (Lipinski definition) is 3. The Labute approximate surface area is 119 Å². The van der Waals surface area contributed by atoms with Crippen LogP contribution < -0.4 is 10.1 Å². The molecule has 0 aliphatic heterocycles. The monoisotopic (exact) mass is 266 g/mol. The van der Waals surface area contributed by atoms with Gasteiger partial charge in [-0.25, -0.2) is 0 Å². The summed E-state index contributed by atoms with van der Waals surface area (Å²) in [6, 6.07) is 15.7. The largest absolute Gasteiger partial charge is 0.494 e. The van der Waals surface area contributed by atoms with Crippen LogP contribution in [0.3, 0.4) is 0 Å². The maximum absolute atomic E-state index is 9.12. The molecule has 1 N–H and O–H groups in total. The summed E-state index contributed by atoms with van der Waals surface area (Å²) in [5.74, 6) is 0.863. The van der Waals surface area contributed by atoms with Crippen LogP contribution in [0, 0.1) is 18.3 Å². The van der Waals surface area contributed by atoms with E-state index in [1.807, 2.05) is 49.4 Å². The first-order chi connectivity index (χ1) is 9.72. The molecule has 0 heterocycles. The van der Waals surface area contributed by atoms with Crippen molar-refractivity contribution in [1.29, 1.82) is 5.26 Å². The smallest absolute Gasteiger partial charge is 0.119 e. The minimum atomic E-state index is 0.641. The summed E-state index contributed by atoms with van der Waals surface area (Å²) < 4.78 is 5.54. The summed E-state index contributed by atoms with van der Waals surface area (Å²) in [7, 11) is 0. The second-order valence-corrected chi connectivity index (χ2v) is 4.66. The van der Waals surface area contributed by atoms with E-state index in [1.165, 1.54) is 0 Å². The van der Waals surface area contributed by atoms with Gasteiger partial charge >= 0.3 is 0 Å². The Morgan fingerprint density at radius 3 is 2.55 bits per heavy atom. The predicted molar refractivity (Wildman–Crippen MR) is 81.4 cm³/mol. The molecular formula is C17H18N2O. The lowest BCUT2D eigenvalue weighted by molar-refractivity contribution is 0.317. The van der Waals surface area contributed by atoms with E-state index in [-0.39, 0.29) is 0 Å². The van der Waals surface area contributed by atoms with Gasteiger partial charge in [-0.1, -0.05) is 13.0 Å². The van der Waals surface area contributed by atoms with Crippen molar-refractivity contribution < 1.29 is 4.74 Å². The third-order valence-electron chi connectivity index (χ3n) is 2.90. The third-order valence-corrected chi connectivity index (χ3v) is 2.90. The van der Waals surface area contributed by atoms with Crippen LogP contribution in [0.4, 0.5) is 11.4 Å². The average molecular weight is 266 g/mol. The van der Waals surface area contributed by atoms with E-state index in [4.69, 9.17) is 10.00 Å². The molecular weight excluding hydrogens is 248 g/mol. The molecule has 102 valence electrons. The fourth-order valence-corrected chi connectivity index (χ4v) is 1.87. The normalized spacial score (nSPS) is 9.85. The lowest BCUT2D eigenvalue weighted by Gasteiger charge is -2.10. The number of anilines is 2. The number of rotatable bonds is 5. The highest BCUT2D eigenvalue weighted by Gasteiger charge is 2.03. The van der Waals surface area contributed by atoms with Gasteiger partial charge in [0.25, 0.3) is 0 Å². The van der Waals surface area contributed by atoms with E-state index in [9.17, 15) is 0 Å². The first-order valence-corrected chi connectivity index (χ1v) is 6.73. The Hall–Kier alpha value is -2.47. The quantitative estimate of drug-likeness (QED) is 0.872. The molecule has 0 aromatic heterocycles. The van der Waals surface area contributed by atoms with Crippen molar-refractivity contribution in [3.8, 4) is 11.8 Å². The van der Waals surface area contributed by atoms with Gasteiger partial charge in [-0.05, 0) is 55.3 Å². The van der Waals surface area contributed by atoms with Gasteiger partial charge in [0.05, 0.1) is 17.9 Å². The summed E-state index contributed by atoms with van der Waals surface area (Å²) in [5.41, 5.74) is 3.53. The van der Waals surface area contributed by atoms with Crippen molar-refractivity contribution in [3.05, 3.63) is 53.6 Å². The molecule has 0 amide bonds. The number of nitrogens with zero attached hydrogens (tertiary/aromatic N) is 1. The third kappa shape index (κ3) is 3.52. The van der Waals surface area contributed by atoms with E-state index in [1.54, 1.807) is 0 Å². The number of ether oxygens (including phenoxy) is 1. The van der Waals surface area contributed by atoms with Gasteiger partial charge in [0.15, 0.2) is 0 Å². The van der Waals surface area contributed by atoms with Crippen molar-refractivity contribution in [1.82, 2.24) is 0 Å². The van der Waals surface area contributed by atoms with Gasteiger partial charge in [0.1, 0.15) is 11.8 Å². The summed E-state index contributed by atoms with van der Waals surface area (Å²) in [6.45, 7) is 4.81. The summed E-state index contributed by atoms with van der Waals surface area (Å²) >= 11 is 0. The highest BCUT2D eigenvalue weighted by atomic mass is 16.5. The van der Waals surface area contributed by atoms with Crippen LogP contribution >= 0.6 is 0 Å². The lowest BCUT2D eigenvalue weighted by Crippen LogP contribution is -1.96. The van der Waals surface area contributed by atoms with Crippen LogP contribution in [0.1, 0.15) is 24.5 Å². The molecule has 0 radical (unpaired) electrons. The SMILES string of the molecule is CCCOc1ccc(Nc2cc(C)ccc2C#N)cc1. The zero-order chi connectivity index (χ0) is 14.4. The first-order valence-electron chi connectivity index (χ1n) is 6.73. The molecule has 0 fully saturated rings. The van der Waals surface area contributed by atoms with Gasteiger partial charge in [0.2, 0.25) is 0 Å². The van der Waals surface area contributed by atoms with Crippen LogP contribution in [0.25, 0.3) is 0 Å². The molecule has 0 spiro atoms. The molecule has 2 rings (SSSR count). The van der Waals surface area contributed by atoms with Crippen LogP contribution in [0.2, 0.25) is 0 Å². The van der Waals surface area contributed by atoms with Crippen molar-refractivity contribution in [2.45, 2.75) is 20.3 Å². The minimum Gasteiger partial charge on any atom is -0.494 e. The molecule has 0 bridgehead atoms. The molecule has 2 aromatic carbocycles. The molecule has 0 aliphatic rings. The predicted octanol–water partition coefficient (Wildman–Crippen LogP) is 4.40. The Morgan fingerprint density at radius 1 is 1.15 bits per heavy atom. The van der Waals surface area contributed by atoms with E-state index in [2.05, 4.69) is 18.3 Å². The van der Waals surface area contributed by atoms with E-state index < -0.39 is 0 Å². The molecule has 0 saturated heterocycles. The number of aryl methyl sites for hydroxylation is 1. The van der Waals surface area contributed by atoms with Crippen LogP contribution in [-0.2, 0) is 0 Å². The van der Waals surface area contributed by atoms with Crippen molar-refractivity contribution in [2.75, 3.05) is 11.9 Å². The standard InChI is InChI=1S/C17H18N2O/c1-3-10-20-16-8-6-15(7-9-16)19-17-11-13(2)4-5-14(17)12-18/h4-9,11,19H,3,10H2,1-2H3. The molecule has 2 aromatic rings. The molecule has 0 saturated carbocycles. The zero-order valence-electron chi connectivity index (χ0n) is 11.8. The van der Waals surface area contributed by atoms with Crippen LogP contribution in [-0.4, -0.2) is 6.61 Å². The van der Waals surface area contributed by atoms with Crippen LogP contribution in [0.15, 0.2) is 42.5 Å². The second-order valence-electron chi connectivity index (χ2n) is 4.66. The number of hydrogen-bond donors (Lipinski definition) is 1. The molecule has 0 aliphatic carbocycles. The Kier molecular flexibility index (Phi) is 4.62. The minimum absolute atomic E-state index is 0.641. The van der Waals surface area contributed by atoms with Gasteiger partial charge in [-0.15, -0.1) is 0 Å². The number of benzene rings is 2. The summed E-state index contributed by atoms with van der Waals surface area (Å²) in [6.07, 6.45) is 0.995. The summed E-state index contributed by atoms with van der Waals surface area (Å²) in [4.78, 5) is 0. The molecule has 3 heteroatoms. The van der Waals surface area contributed by atoms with Gasteiger partial charge in [-0.2, -0.15) is 5.26 Å². The van der Waals surface area contributed by atoms with E-state index >= 15 is 0 Å². The van der Waals surface area contributed by atoms with Crippen molar-refractivity contribution in [3.63, 3.8) is 0 Å². The van der Waals surface area contributed by atoms with Crippen molar-refractivity contribution in [2.24, 2.45) is 0 Å². The van der Waals surface area contributed by atoms with Gasteiger partial charge in [0, 0.05) is 5.69 Å². The van der Waals surface area contributed by atoms with E-state index in [0.717, 1.165) is 35.7 Å². The van der Waals surface area contributed by atoms with Crippen LogP contribution in [0.5, 0.6) is 5.75 Å². The molecule has 0 unspecified atom stereocenters. The second kappa shape index (κ2) is 6.63.